The number of benzene rings is 1. The Kier molecular flexibility index (Phi) is 2.42. The minimum absolute atomic E-state index is 0.157. The smallest absolute Gasteiger partial charge is 0.174 e. The Balaban J connectivity index is 2.07. The third kappa shape index (κ3) is 1.83. The first-order valence-corrected chi connectivity index (χ1v) is 5.50. The second-order valence-corrected chi connectivity index (χ2v) is 3.89. The van der Waals surface area contributed by atoms with Crippen LogP contribution in [0.15, 0.2) is 41.0 Å². The monoisotopic (exact) mass is 228 g/mol. The first-order chi connectivity index (χ1) is 8.36. The van der Waals surface area contributed by atoms with Gasteiger partial charge in [0, 0.05) is 6.61 Å². The number of nitrogens with zero attached hydrogens (tertiary/aromatic N) is 1. The van der Waals surface area contributed by atoms with Crippen LogP contribution in [0.3, 0.4) is 0 Å². The van der Waals surface area contributed by atoms with Gasteiger partial charge in [-0.05, 0) is 36.2 Å². The van der Waals surface area contributed by atoms with Crippen LogP contribution in [0.5, 0.6) is 0 Å². The number of aliphatic hydroxyl groups is 1. The number of aliphatic hydroxyl groups excluding tert-OH is 1. The van der Waals surface area contributed by atoms with Crippen molar-refractivity contribution in [3.8, 4) is 11.6 Å². The topological polar surface area (TPSA) is 62.1 Å². The van der Waals surface area contributed by atoms with Crippen molar-refractivity contribution in [2.75, 3.05) is 6.61 Å². The molecule has 2 heterocycles. The van der Waals surface area contributed by atoms with E-state index in [0.29, 0.717) is 6.42 Å². The van der Waals surface area contributed by atoms with Gasteiger partial charge in [-0.3, -0.25) is 0 Å². The minimum Gasteiger partial charge on any atom is -0.461 e. The van der Waals surface area contributed by atoms with Crippen molar-refractivity contribution in [1.29, 1.82) is 0 Å². The highest BCUT2D eigenvalue weighted by molar-refractivity contribution is 5.79. The summed E-state index contributed by atoms with van der Waals surface area (Å²) in [6.45, 7) is 0.157. The van der Waals surface area contributed by atoms with Crippen LogP contribution in [0.25, 0.3) is 22.6 Å². The van der Waals surface area contributed by atoms with E-state index in [1.54, 1.807) is 6.26 Å². The molecule has 2 aromatic heterocycles. The number of hydrogen-bond acceptors (Lipinski definition) is 3. The molecule has 0 spiro atoms. The largest absolute Gasteiger partial charge is 0.461 e. The maximum atomic E-state index is 8.91. The number of furan rings is 1. The van der Waals surface area contributed by atoms with Crippen LogP contribution in [0.2, 0.25) is 0 Å². The Morgan fingerprint density at radius 2 is 2.24 bits per heavy atom. The highest BCUT2D eigenvalue weighted by atomic mass is 16.3. The van der Waals surface area contributed by atoms with Gasteiger partial charge in [0.05, 0.1) is 17.3 Å². The van der Waals surface area contributed by atoms with E-state index in [2.05, 4.69) is 9.97 Å². The molecule has 1 aromatic carbocycles. The number of nitrogens with one attached hydrogen (secondary N) is 1. The SMILES string of the molecule is OCCc1ccc2nc(-c3ccco3)[nH]c2c1. The van der Waals surface area contributed by atoms with Crippen molar-refractivity contribution in [2.45, 2.75) is 6.42 Å². The molecule has 3 rings (SSSR count). The lowest BCUT2D eigenvalue weighted by Crippen LogP contribution is -1.89. The minimum atomic E-state index is 0.157. The molecule has 0 aliphatic carbocycles. The fourth-order valence-corrected chi connectivity index (χ4v) is 1.87. The maximum Gasteiger partial charge on any atom is 0.174 e. The molecule has 4 nitrogen and oxygen atoms in total. The van der Waals surface area contributed by atoms with Crippen LogP contribution >= 0.6 is 0 Å². The molecule has 0 aliphatic heterocycles. The van der Waals surface area contributed by atoms with Crippen molar-refractivity contribution >= 4 is 11.0 Å². The van der Waals surface area contributed by atoms with Gasteiger partial charge in [-0.15, -0.1) is 0 Å². The van der Waals surface area contributed by atoms with Crippen LogP contribution in [-0.2, 0) is 6.42 Å². The average molecular weight is 228 g/mol. The van der Waals surface area contributed by atoms with Crippen molar-refractivity contribution in [3.05, 3.63) is 42.2 Å². The molecule has 2 N–H and O–H groups in total. The van der Waals surface area contributed by atoms with E-state index in [-0.39, 0.29) is 6.61 Å². The van der Waals surface area contributed by atoms with E-state index in [4.69, 9.17) is 9.52 Å². The predicted octanol–water partition coefficient (Wildman–Crippen LogP) is 2.36. The highest BCUT2D eigenvalue weighted by Crippen LogP contribution is 2.21. The molecule has 0 atom stereocenters. The van der Waals surface area contributed by atoms with Gasteiger partial charge < -0.3 is 14.5 Å². The molecule has 0 saturated carbocycles. The fraction of sp³-hybridized carbons (Fsp3) is 0.154. The Bertz CT molecular complexity index is 626. The Hall–Kier alpha value is -2.07. The Morgan fingerprint density at radius 3 is 3.00 bits per heavy atom. The molecular formula is C13H12N2O2. The van der Waals surface area contributed by atoms with Crippen LogP contribution < -0.4 is 0 Å². The molecule has 0 radical (unpaired) electrons. The van der Waals surface area contributed by atoms with Gasteiger partial charge in [0.2, 0.25) is 0 Å². The van der Waals surface area contributed by atoms with E-state index >= 15 is 0 Å². The summed E-state index contributed by atoms with van der Waals surface area (Å²) in [5.41, 5.74) is 2.95. The standard InChI is InChI=1S/C13H12N2O2/c16-6-5-9-3-4-10-11(8-9)15-13(14-10)12-2-1-7-17-12/h1-4,7-8,16H,5-6H2,(H,14,15). The summed E-state index contributed by atoms with van der Waals surface area (Å²) in [4.78, 5) is 7.65. The number of aromatic nitrogens is 2. The third-order valence-corrected chi connectivity index (χ3v) is 2.70. The second-order valence-electron chi connectivity index (χ2n) is 3.89. The van der Waals surface area contributed by atoms with E-state index in [9.17, 15) is 0 Å². The summed E-state index contributed by atoms with van der Waals surface area (Å²) in [7, 11) is 0. The number of fused-ring (bicyclic) bond motifs is 1. The van der Waals surface area contributed by atoms with Crippen LogP contribution in [0.1, 0.15) is 5.56 Å². The first-order valence-electron chi connectivity index (χ1n) is 5.50. The summed E-state index contributed by atoms with van der Waals surface area (Å²) in [5.74, 6) is 1.45. The highest BCUT2D eigenvalue weighted by Gasteiger charge is 2.07. The molecule has 0 saturated heterocycles. The zero-order chi connectivity index (χ0) is 11.7. The number of H-pyrrole nitrogens is 1. The van der Waals surface area contributed by atoms with Crippen LogP contribution in [-0.4, -0.2) is 21.7 Å². The van der Waals surface area contributed by atoms with E-state index < -0.39 is 0 Å². The molecule has 0 amide bonds. The van der Waals surface area contributed by atoms with Crippen molar-refractivity contribution < 1.29 is 9.52 Å². The summed E-state index contributed by atoms with van der Waals surface area (Å²) in [6.07, 6.45) is 2.28. The fourth-order valence-electron chi connectivity index (χ4n) is 1.87. The number of imidazole rings is 1. The molecule has 0 unspecified atom stereocenters. The lowest BCUT2D eigenvalue weighted by atomic mass is 10.1. The Labute approximate surface area is 97.9 Å². The van der Waals surface area contributed by atoms with Gasteiger partial charge in [-0.2, -0.15) is 0 Å². The van der Waals surface area contributed by atoms with Crippen LogP contribution in [0, 0.1) is 0 Å². The van der Waals surface area contributed by atoms with Gasteiger partial charge >= 0.3 is 0 Å². The average Bonchev–Trinajstić information content (AvgIpc) is 2.97. The lowest BCUT2D eigenvalue weighted by molar-refractivity contribution is 0.299. The molecule has 0 bridgehead atoms. The summed E-state index contributed by atoms with van der Waals surface area (Å²) < 4.78 is 5.29. The van der Waals surface area contributed by atoms with Gasteiger partial charge in [-0.1, -0.05) is 6.07 Å². The normalized spacial score (nSPS) is 11.1. The predicted molar refractivity (Wildman–Crippen MR) is 64.6 cm³/mol. The summed E-state index contributed by atoms with van der Waals surface area (Å²) >= 11 is 0. The van der Waals surface area contributed by atoms with Gasteiger partial charge in [0.15, 0.2) is 11.6 Å². The summed E-state index contributed by atoms with van der Waals surface area (Å²) in [5, 5.41) is 8.91. The molecule has 4 heteroatoms. The quantitative estimate of drug-likeness (QED) is 0.723. The Morgan fingerprint density at radius 1 is 1.29 bits per heavy atom. The zero-order valence-corrected chi connectivity index (χ0v) is 9.18. The molecule has 17 heavy (non-hydrogen) atoms. The number of hydrogen-bond donors (Lipinski definition) is 2. The van der Waals surface area contributed by atoms with E-state index in [1.807, 2.05) is 30.3 Å². The summed E-state index contributed by atoms with van der Waals surface area (Å²) in [6, 6.07) is 9.63. The van der Waals surface area contributed by atoms with Crippen molar-refractivity contribution in [3.63, 3.8) is 0 Å². The van der Waals surface area contributed by atoms with Gasteiger partial charge in [0.25, 0.3) is 0 Å². The molecule has 0 fully saturated rings. The van der Waals surface area contributed by atoms with Crippen molar-refractivity contribution in [2.24, 2.45) is 0 Å². The maximum absolute atomic E-state index is 8.91. The van der Waals surface area contributed by atoms with Crippen molar-refractivity contribution in [1.82, 2.24) is 9.97 Å². The second kappa shape index (κ2) is 4.07. The zero-order valence-electron chi connectivity index (χ0n) is 9.18. The first kappa shape index (κ1) is 10.1. The van der Waals surface area contributed by atoms with Crippen LogP contribution in [0.4, 0.5) is 0 Å². The van der Waals surface area contributed by atoms with E-state index in [1.165, 1.54) is 0 Å². The van der Waals surface area contributed by atoms with E-state index in [0.717, 1.165) is 28.2 Å². The lowest BCUT2D eigenvalue weighted by Gasteiger charge is -1.96. The third-order valence-electron chi connectivity index (χ3n) is 2.70. The molecular weight excluding hydrogens is 216 g/mol. The molecule has 0 aliphatic rings. The van der Waals surface area contributed by atoms with Gasteiger partial charge in [-0.25, -0.2) is 4.98 Å². The number of rotatable bonds is 3. The number of aromatic amines is 1. The van der Waals surface area contributed by atoms with Gasteiger partial charge in [0.1, 0.15) is 0 Å². The molecule has 86 valence electrons. The molecule has 3 aromatic rings.